The monoisotopic (exact) mass is 236 g/mol. The van der Waals surface area contributed by atoms with E-state index in [1.165, 1.54) is 0 Å². The lowest BCUT2D eigenvalue weighted by Gasteiger charge is -2.13. The molecule has 0 aromatic heterocycles. The topological polar surface area (TPSA) is 67.8 Å². The van der Waals surface area contributed by atoms with Gasteiger partial charge in [0.05, 0.1) is 6.61 Å². The second kappa shape index (κ2) is 6.13. The van der Waals surface area contributed by atoms with Crippen molar-refractivity contribution in [3.63, 3.8) is 0 Å². The van der Waals surface area contributed by atoms with Gasteiger partial charge in [-0.1, -0.05) is 37.6 Å². The van der Waals surface area contributed by atoms with Crippen LogP contribution in [0.3, 0.4) is 0 Å². The number of ether oxygens (including phenoxy) is 1. The summed E-state index contributed by atoms with van der Waals surface area (Å²) in [5.41, 5.74) is 7.25. The summed E-state index contributed by atoms with van der Waals surface area (Å²) < 4.78 is 5.73. The molecule has 3 N–H and O–H groups in total. The minimum Gasteiger partial charge on any atom is -0.493 e. The molecule has 0 amide bonds. The number of nitrogens with two attached hydrogens (primary N) is 1. The van der Waals surface area contributed by atoms with Gasteiger partial charge in [-0.2, -0.15) is 0 Å². The van der Waals surface area contributed by atoms with E-state index in [0.29, 0.717) is 18.1 Å². The number of amidine groups is 1. The molecule has 0 aliphatic rings. The summed E-state index contributed by atoms with van der Waals surface area (Å²) in [6, 6.07) is 5.51. The molecule has 0 fully saturated rings. The van der Waals surface area contributed by atoms with Crippen LogP contribution in [0, 0.1) is 12.8 Å². The third-order valence-electron chi connectivity index (χ3n) is 2.81. The summed E-state index contributed by atoms with van der Waals surface area (Å²) in [6.45, 7) is 6.93. The minimum atomic E-state index is 0.0957. The van der Waals surface area contributed by atoms with Crippen LogP contribution in [0.25, 0.3) is 0 Å². The van der Waals surface area contributed by atoms with Crippen molar-refractivity contribution >= 4 is 5.84 Å². The highest BCUT2D eigenvalue weighted by atomic mass is 16.5. The number of nitrogens with zero attached hydrogens (tertiary/aromatic N) is 1. The third-order valence-corrected chi connectivity index (χ3v) is 2.81. The lowest BCUT2D eigenvalue weighted by Crippen LogP contribution is -2.14. The first-order valence-corrected chi connectivity index (χ1v) is 5.79. The zero-order valence-electron chi connectivity index (χ0n) is 10.6. The summed E-state index contributed by atoms with van der Waals surface area (Å²) in [4.78, 5) is 0. The van der Waals surface area contributed by atoms with Crippen molar-refractivity contribution in [2.75, 3.05) is 6.61 Å². The highest BCUT2D eigenvalue weighted by molar-refractivity contribution is 5.97. The number of aryl methyl sites for hydroxylation is 1. The van der Waals surface area contributed by atoms with E-state index in [4.69, 9.17) is 15.7 Å². The van der Waals surface area contributed by atoms with Crippen LogP contribution in [0.5, 0.6) is 5.75 Å². The van der Waals surface area contributed by atoms with Crippen molar-refractivity contribution in [1.82, 2.24) is 0 Å². The van der Waals surface area contributed by atoms with Crippen molar-refractivity contribution < 1.29 is 9.94 Å². The van der Waals surface area contributed by atoms with Gasteiger partial charge >= 0.3 is 0 Å². The Hall–Kier alpha value is -1.71. The summed E-state index contributed by atoms with van der Waals surface area (Å²) in [5.74, 6) is 1.40. The quantitative estimate of drug-likeness (QED) is 0.357. The molecule has 4 nitrogen and oxygen atoms in total. The molecule has 0 spiro atoms. The molecular weight excluding hydrogens is 216 g/mol. The average Bonchev–Trinajstić information content (AvgIpc) is 2.36. The molecule has 94 valence electrons. The van der Waals surface area contributed by atoms with Crippen LogP contribution in [0.1, 0.15) is 31.4 Å². The van der Waals surface area contributed by atoms with Crippen LogP contribution in [0.4, 0.5) is 0 Å². The SMILES string of the molecule is CCC(C)COc1cc(/C(N)=N/O)ccc1C. The van der Waals surface area contributed by atoms with E-state index >= 15 is 0 Å². The first-order valence-electron chi connectivity index (χ1n) is 5.79. The van der Waals surface area contributed by atoms with Crippen LogP contribution in [0.2, 0.25) is 0 Å². The van der Waals surface area contributed by atoms with Crippen molar-refractivity contribution in [2.24, 2.45) is 16.8 Å². The van der Waals surface area contributed by atoms with E-state index in [0.717, 1.165) is 17.7 Å². The highest BCUT2D eigenvalue weighted by Crippen LogP contribution is 2.20. The van der Waals surface area contributed by atoms with Gasteiger partial charge in [-0.3, -0.25) is 0 Å². The number of rotatable bonds is 5. The van der Waals surface area contributed by atoms with E-state index in [-0.39, 0.29) is 5.84 Å². The van der Waals surface area contributed by atoms with Gasteiger partial charge in [-0.05, 0) is 24.5 Å². The van der Waals surface area contributed by atoms with Gasteiger partial charge in [0.2, 0.25) is 0 Å². The van der Waals surface area contributed by atoms with Gasteiger partial charge in [0, 0.05) is 5.56 Å². The van der Waals surface area contributed by atoms with Crippen LogP contribution in [0.15, 0.2) is 23.4 Å². The fourth-order valence-electron chi connectivity index (χ4n) is 1.32. The molecule has 1 aromatic carbocycles. The molecule has 1 aromatic rings. The Bertz CT molecular complexity index is 402. The first kappa shape index (κ1) is 13.4. The normalized spacial score (nSPS) is 13.5. The van der Waals surface area contributed by atoms with Gasteiger partial charge in [0.15, 0.2) is 5.84 Å². The molecule has 17 heavy (non-hydrogen) atoms. The number of hydrogen-bond acceptors (Lipinski definition) is 3. The number of hydrogen-bond donors (Lipinski definition) is 2. The predicted octanol–water partition coefficient (Wildman–Crippen LogP) is 2.51. The van der Waals surface area contributed by atoms with Crippen molar-refractivity contribution in [3.05, 3.63) is 29.3 Å². The predicted molar refractivity (Wildman–Crippen MR) is 68.6 cm³/mol. The van der Waals surface area contributed by atoms with Crippen molar-refractivity contribution in [1.29, 1.82) is 0 Å². The lowest BCUT2D eigenvalue weighted by atomic mass is 10.1. The lowest BCUT2D eigenvalue weighted by molar-refractivity contribution is 0.255. The fraction of sp³-hybridized carbons (Fsp3) is 0.462. The molecule has 1 unspecified atom stereocenters. The average molecular weight is 236 g/mol. The summed E-state index contributed by atoms with van der Waals surface area (Å²) in [7, 11) is 0. The molecule has 0 saturated heterocycles. The molecule has 0 heterocycles. The zero-order chi connectivity index (χ0) is 12.8. The van der Waals surface area contributed by atoms with E-state index in [1.54, 1.807) is 12.1 Å². The number of oxime groups is 1. The largest absolute Gasteiger partial charge is 0.493 e. The molecule has 4 heteroatoms. The molecule has 0 bridgehead atoms. The maximum absolute atomic E-state index is 8.63. The van der Waals surface area contributed by atoms with Crippen molar-refractivity contribution in [3.8, 4) is 5.75 Å². The second-order valence-electron chi connectivity index (χ2n) is 4.29. The molecule has 0 saturated carbocycles. The molecule has 0 aliphatic carbocycles. The molecule has 0 radical (unpaired) electrons. The molecule has 1 rings (SSSR count). The minimum absolute atomic E-state index is 0.0957. The summed E-state index contributed by atoms with van der Waals surface area (Å²) >= 11 is 0. The molecule has 0 aliphatic heterocycles. The van der Waals surface area contributed by atoms with Gasteiger partial charge in [0.25, 0.3) is 0 Å². The summed E-state index contributed by atoms with van der Waals surface area (Å²) in [6.07, 6.45) is 1.08. The Morgan fingerprint density at radius 2 is 2.24 bits per heavy atom. The summed E-state index contributed by atoms with van der Waals surface area (Å²) in [5, 5.41) is 11.6. The number of benzene rings is 1. The Kier molecular flexibility index (Phi) is 4.82. The third kappa shape index (κ3) is 3.66. The second-order valence-corrected chi connectivity index (χ2v) is 4.29. The Morgan fingerprint density at radius 3 is 2.82 bits per heavy atom. The van der Waals surface area contributed by atoms with Crippen molar-refractivity contribution in [2.45, 2.75) is 27.2 Å². The standard InChI is InChI=1S/C13H20N2O2/c1-4-9(2)8-17-12-7-11(13(14)15-16)6-5-10(12)3/h5-7,9,16H,4,8H2,1-3H3,(H2,14,15). The van der Waals surface area contributed by atoms with Gasteiger partial charge < -0.3 is 15.7 Å². The van der Waals surface area contributed by atoms with E-state index < -0.39 is 0 Å². The van der Waals surface area contributed by atoms with Gasteiger partial charge in [-0.15, -0.1) is 0 Å². The maximum atomic E-state index is 8.63. The Labute approximate surface area is 102 Å². The van der Waals surface area contributed by atoms with E-state index in [1.807, 2.05) is 13.0 Å². The van der Waals surface area contributed by atoms with Gasteiger partial charge in [0.1, 0.15) is 5.75 Å². The van der Waals surface area contributed by atoms with E-state index in [9.17, 15) is 0 Å². The Balaban J connectivity index is 2.84. The Morgan fingerprint density at radius 1 is 1.53 bits per heavy atom. The van der Waals surface area contributed by atoms with Crippen LogP contribution >= 0.6 is 0 Å². The van der Waals surface area contributed by atoms with Crippen LogP contribution in [-0.4, -0.2) is 17.6 Å². The highest BCUT2D eigenvalue weighted by Gasteiger charge is 2.06. The first-order chi connectivity index (χ1) is 8.08. The van der Waals surface area contributed by atoms with Crippen LogP contribution < -0.4 is 10.5 Å². The molecular formula is C13H20N2O2. The van der Waals surface area contributed by atoms with Crippen LogP contribution in [-0.2, 0) is 0 Å². The fourth-order valence-corrected chi connectivity index (χ4v) is 1.32. The zero-order valence-corrected chi connectivity index (χ0v) is 10.6. The molecule has 1 atom stereocenters. The van der Waals surface area contributed by atoms with Gasteiger partial charge in [-0.25, -0.2) is 0 Å². The van der Waals surface area contributed by atoms with E-state index in [2.05, 4.69) is 19.0 Å². The maximum Gasteiger partial charge on any atom is 0.170 e. The smallest absolute Gasteiger partial charge is 0.170 e.